The van der Waals surface area contributed by atoms with Gasteiger partial charge < -0.3 is 14.8 Å². The van der Waals surface area contributed by atoms with Gasteiger partial charge in [0.15, 0.2) is 5.57 Å². The normalized spacial score (nSPS) is 20.1. The molecule has 0 spiro atoms. The molecule has 146 valence electrons. The lowest BCUT2D eigenvalue weighted by Crippen LogP contribution is -2.42. The molecule has 0 bridgehead atoms. The van der Waals surface area contributed by atoms with Crippen molar-refractivity contribution >= 4 is 27.6 Å². The molecule has 27 heavy (non-hydrogen) atoms. The summed E-state index contributed by atoms with van der Waals surface area (Å²) in [5.74, 6) is -2.93. The zero-order valence-corrected chi connectivity index (χ0v) is 16.0. The highest BCUT2D eigenvalue weighted by Gasteiger charge is 2.39. The van der Waals surface area contributed by atoms with Crippen molar-refractivity contribution < 1.29 is 27.5 Å². The van der Waals surface area contributed by atoms with E-state index in [1.807, 2.05) is 0 Å². The number of ether oxygens (including phenoxy) is 2. The number of cyclic esters (lactones) is 2. The summed E-state index contributed by atoms with van der Waals surface area (Å²) in [6.45, 7) is 2.91. The van der Waals surface area contributed by atoms with Gasteiger partial charge in [0.1, 0.15) is 0 Å². The van der Waals surface area contributed by atoms with Crippen LogP contribution in [0.25, 0.3) is 0 Å². The van der Waals surface area contributed by atoms with Crippen LogP contribution in [0.1, 0.15) is 39.5 Å². The first-order valence-electron chi connectivity index (χ1n) is 8.72. The highest BCUT2D eigenvalue weighted by molar-refractivity contribution is 7.89. The van der Waals surface area contributed by atoms with Gasteiger partial charge in [0, 0.05) is 31.8 Å². The lowest BCUT2D eigenvalue weighted by Gasteiger charge is -2.29. The van der Waals surface area contributed by atoms with E-state index < -0.39 is 27.7 Å². The quantitative estimate of drug-likeness (QED) is 0.447. The van der Waals surface area contributed by atoms with Crippen LogP contribution in [0.3, 0.4) is 0 Å². The van der Waals surface area contributed by atoms with Crippen molar-refractivity contribution in [3.8, 4) is 0 Å². The van der Waals surface area contributed by atoms with Crippen LogP contribution < -0.4 is 10.0 Å². The van der Waals surface area contributed by atoms with Crippen LogP contribution in [0.5, 0.6) is 0 Å². The van der Waals surface area contributed by atoms with Gasteiger partial charge in [0.2, 0.25) is 10.0 Å². The number of anilines is 1. The average molecular weight is 394 g/mol. The van der Waals surface area contributed by atoms with E-state index in [0.29, 0.717) is 5.69 Å². The van der Waals surface area contributed by atoms with Crippen LogP contribution in [0.4, 0.5) is 5.69 Å². The summed E-state index contributed by atoms with van der Waals surface area (Å²) in [6, 6.07) is 6.07. The van der Waals surface area contributed by atoms with Gasteiger partial charge in [-0.15, -0.1) is 0 Å². The molecule has 3 rings (SSSR count). The van der Waals surface area contributed by atoms with E-state index in [-0.39, 0.29) is 16.5 Å². The van der Waals surface area contributed by atoms with Gasteiger partial charge in [-0.1, -0.05) is 18.9 Å². The minimum atomic E-state index is -3.64. The first-order valence-corrected chi connectivity index (χ1v) is 10.2. The Bertz CT molecular complexity index is 863. The Hall–Kier alpha value is -2.39. The molecule has 1 saturated heterocycles. The Kier molecular flexibility index (Phi) is 5.25. The number of rotatable bonds is 5. The summed E-state index contributed by atoms with van der Waals surface area (Å²) >= 11 is 0. The van der Waals surface area contributed by atoms with Crippen molar-refractivity contribution in [2.45, 2.75) is 56.3 Å². The summed E-state index contributed by atoms with van der Waals surface area (Å²) in [5, 5.41) is 2.75. The second-order valence-electron chi connectivity index (χ2n) is 7.01. The van der Waals surface area contributed by atoms with Crippen molar-refractivity contribution in [1.29, 1.82) is 0 Å². The van der Waals surface area contributed by atoms with Gasteiger partial charge in [-0.25, -0.2) is 22.7 Å². The Morgan fingerprint density at radius 2 is 1.74 bits per heavy atom. The van der Waals surface area contributed by atoms with E-state index in [2.05, 4.69) is 10.0 Å². The van der Waals surface area contributed by atoms with Gasteiger partial charge in [-0.2, -0.15) is 0 Å². The van der Waals surface area contributed by atoms with E-state index in [9.17, 15) is 18.0 Å². The molecule has 1 aliphatic carbocycles. The minimum absolute atomic E-state index is 0.0381. The molecule has 0 atom stereocenters. The predicted octanol–water partition coefficient (Wildman–Crippen LogP) is 2.04. The van der Waals surface area contributed by atoms with Crippen LogP contribution >= 0.6 is 0 Å². The molecular weight excluding hydrogens is 372 g/mol. The molecule has 8 nitrogen and oxygen atoms in total. The number of hydrogen-bond donors (Lipinski definition) is 2. The number of benzene rings is 1. The van der Waals surface area contributed by atoms with Crippen molar-refractivity contribution in [3.63, 3.8) is 0 Å². The van der Waals surface area contributed by atoms with Gasteiger partial charge in [0.05, 0.1) is 4.90 Å². The molecule has 2 N–H and O–H groups in total. The van der Waals surface area contributed by atoms with Crippen molar-refractivity contribution in [2.24, 2.45) is 0 Å². The fourth-order valence-electron chi connectivity index (χ4n) is 3.02. The molecule has 0 amide bonds. The molecule has 1 aromatic carbocycles. The van der Waals surface area contributed by atoms with E-state index >= 15 is 0 Å². The molecule has 9 heteroatoms. The zero-order chi connectivity index (χ0) is 19.7. The summed E-state index contributed by atoms with van der Waals surface area (Å²) in [7, 11) is -3.64. The first-order chi connectivity index (χ1) is 12.7. The maximum Gasteiger partial charge on any atom is 0.350 e. The highest BCUT2D eigenvalue weighted by Crippen LogP contribution is 2.24. The Balaban J connectivity index is 1.74. The summed E-state index contributed by atoms with van der Waals surface area (Å²) in [5.41, 5.74) is 0.105. The molecule has 1 aromatic rings. The average Bonchev–Trinajstić information content (AvgIpc) is 3.05. The van der Waals surface area contributed by atoms with E-state index in [1.54, 1.807) is 12.1 Å². The third kappa shape index (κ3) is 4.67. The predicted molar refractivity (Wildman–Crippen MR) is 97.0 cm³/mol. The summed E-state index contributed by atoms with van der Waals surface area (Å²) in [6.07, 6.45) is 4.86. The number of esters is 2. The second-order valence-corrected chi connectivity index (χ2v) is 8.73. The van der Waals surface area contributed by atoms with Crippen LogP contribution in [-0.4, -0.2) is 32.2 Å². The SMILES string of the molecule is CC1(C)OC(=O)C(=CNc2cccc(S(=O)(=O)NC3CCCC3)c2)C(=O)O1. The third-order valence-corrected chi connectivity index (χ3v) is 5.84. The van der Waals surface area contributed by atoms with Crippen LogP contribution in [0, 0.1) is 0 Å². The largest absolute Gasteiger partial charge is 0.419 e. The molecule has 2 fully saturated rings. The number of carbonyl (C=O) groups is 2. The van der Waals surface area contributed by atoms with Crippen LogP contribution in [0.15, 0.2) is 40.9 Å². The smallest absolute Gasteiger partial charge is 0.350 e. The first kappa shape index (κ1) is 19.4. The maximum atomic E-state index is 12.5. The molecular formula is C18H22N2O6S. The second kappa shape index (κ2) is 7.32. The third-order valence-electron chi connectivity index (χ3n) is 4.32. The monoisotopic (exact) mass is 394 g/mol. The summed E-state index contributed by atoms with van der Waals surface area (Å²) in [4.78, 5) is 24.0. The van der Waals surface area contributed by atoms with E-state index in [4.69, 9.17) is 9.47 Å². The van der Waals surface area contributed by atoms with Gasteiger partial charge in [-0.05, 0) is 31.0 Å². The fourth-order valence-corrected chi connectivity index (χ4v) is 4.37. The Labute approximate surface area is 158 Å². The van der Waals surface area contributed by atoms with Crippen LogP contribution in [-0.2, 0) is 29.1 Å². The Morgan fingerprint density at radius 1 is 1.11 bits per heavy atom. The lowest BCUT2D eigenvalue weighted by molar-refractivity contribution is -0.222. The maximum absolute atomic E-state index is 12.5. The lowest BCUT2D eigenvalue weighted by atomic mass is 10.2. The molecule has 0 aromatic heterocycles. The number of hydrogen-bond acceptors (Lipinski definition) is 7. The molecule has 1 heterocycles. The standard InChI is InChI=1S/C18H22N2O6S/c1-18(2)25-16(21)15(17(22)26-18)11-19-13-8-5-9-14(10-13)27(23,24)20-12-6-3-4-7-12/h5,8-12,19-20H,3-4,6-7H2,1-2H3. The molecule has 1 aliphatic heterocycles. The van der Waals surface area contributed by atoms with Crippen LogP contribution in [0.2, 0.25) is 0 Å². The van der Waals surface area contributed by atoms with Crippen molar-refractivity contribution in [1.82, 2.24) is 4.72 Å². The van der Waals surface area contributed by atoms with E-state index in [0.717, 1.165) is 31.9 Å². The van der Waals surface area contributed by atoms with Gasteiger partial charge in [0.25, 0.3) is 5.79 Å². The molecule has 1 saturated carbocycles. The fraction of sp³-hybridized carbons (Fsp3) is 0.444. The zero-order valence-electron chi connectivity index (χ0n) is 15.2. The van der Waals surface area contributed by atoms with Gasteiger partial charge >= 0.3 is 11.9 Å². The van der Waals surface area contributed by atoms with Crippen molar-refractivity contribution in [3.05, 3.63) is 36.0 Å². The highest BCUT2D eigenvalue weighted by atomic mass is 32.2. The summed E-state index contributed by atoms with van der Waals surface area (Å²) < 4.78 is 37.7. The minimum Gasteiger partial charge on any atom is -0.419 e. The van der Waals surface area contributed by atoms with Crippen molar-refractivity contribution in [2.75, 3.05) is 5.32 Å². The number of carbonyl (C=O) groups excluding carboxylic acids is 2. The number of nitrogens with one attached hydrogen (secondary N) is 2. The van der Waals surface area contributed by atoms with Gasteiger partial charge in [-0.3, -0.25) is 0 Å². The molecule has 2 aliphatic rings. The Morgan fingerprint density at radius 3 is 2.37 bits per heavy atom. The number of sulfonamides is 1. The van der Waals surface area contributed by atoms with E-state index in [1.165, 1.54) is 26.0 Å². The molecule has 0 unspecified atom stereocenters. The molecule has 0 radical (unpaired) electrons. The topological polar surface area (TPSA) is 111 Å².